The van der Waals surface area contributed by atoms with E-state index in [0.29, 0.717) is 6.42 Å². The van der Waals surface area contributed by atoms with E-state index in [2.05, 4.69) is 0 Å². The summed E-state index contributed by atoms with van der Waals surface area (Å²) in [6, 6.07) is 0. The molecule has 0 spiro atoms. The minimum Gasteiger partial charge on any atom is -0.394 e. The van der Waals surface area contributed by atoms with Crippen LogP contribution in [-0.2, 0) is 14.2 Å². The molecular weight excluding hydrogens is 248 g/mol. The summed E-state index contributed by atoms with van der Waals surface area (Å²) in [7, 11) is 0. The van der Waals surface area contributed by atoms with Crippen LogP contribution in [0.1, 0.15) is 6.42 Å². The molecule has 2 heterocycles. The van der Waals surface area contributed by atoms with Crippen LogP contribution >= 0.6 is 0 Å². The van der Waals surface area contributed by atoms with Gasteiger partial charge in [0.15, 0.2) is 12.6 Å². The first kappa shape index (κ1) is 14.1. The van der Waals surface area contributed by atoms with Crippen molar-refractivity contribution in [2.75, 3.05) is 13.2 Å². The zero-order valence-electron chi connectivity index (χ0n) is 9.62. The fraction of sp³-hybridized carbons (Fsp3) is 1.00. The lowest BCUT2D eigenvalue weighted by Crippen LogP contribution is -2.59. The van der Waals surface area contributed by atoms with Gasteiger partial charge in [-0.15, -0.1) is 0 Å². The molecule has 0 aromatic heterocycles. The van der Waals surface area contributed by atoms with Crippen molar-refractivity contribution in [2.45, 2.75) is 49.5 Å². The van der Waals surface area contributed by atoms with Crippen LogP contribution in [0.4, 0.5) is 0 Å². The molecule has 5 N–H and O–H groups in total. The highest BCUT2D eigenvalue weighted by Gasteiger charge is 2.44. The van der Waals surface area contributed by atoms with Crippen LogP contribution < -0.4 is 0 Å². The van der Waals surface area contributed by atoms with Crippen LogP contribution in [0.2, 0.25) is 0 Å². The minimum atomic E-state index is -1.44. The summed E-state index contributed by atoms with van der Waals surface area (Å²) in [4.78, 5) is 0. The monoisotopic (exact) mass is 266 g/mol. The van der Waals surface area contributed by atoms with Gasteiger partial charge >= 0.3 is 0 Å². The molecule has 106 valence electrons. The van der Waals surface area contributed by atoms with Crippen molar-refractivity contribution in [3.63, 3.8) is 0 Å². The number of aliphatic hydroxyl groups is 5. The van der Waals surface area contributed by atoms with Crippen molar-refractivity contribution in [3.8, 4) is 0 Å². The normalized spacial score (nSPS) is 48.2. The third kappa shape index (κ3) is 2.98. The van der Waals surface area contributed by atoms with Crippen LogP contribution in [0, 0.1) is 0 Å². The second-order valence-electron chi connectivity index (χ2n) is 4.42. The molecule has 8 nitrogen and oxygen atoms in total. The summed E-state index contributed by atoms with van der Waals surface area (Å²) < 4.78 is 15.1. The Hall–Kier alpha value is -0.320. The first-order valence-corrected chi connectivity index (χ1v) is 5.80. The number of aliphatic hydroxyl groups excluding tert-OH is 5. The maximum Gasteiger partial charge on any atom is 0.186 e. The quantitative estimate of drug-likeness (QED) is 0.331. The standard InChI is InChI=1S/C10H18O8/c11-3-5-6(12)7(13)8(14)10(18-5)16-2-1-4-9(15)17-4/h4-15H,1-3H2/t4-,5+,6+,7-,8+,9+,10-/m0/s1. The Morgan fingerprint density at radius 1 is 0.889 bits per heavy atom. The highest BCUT2D eigenvalue weighted by atomic mass is 16.7. The van der Waals surface area contributed by atoms with E-state index in [1.165, 1.54) is 0 Å². The Morgan fingerprint density at radius 3 is 2.11 bits per heavy atom. The zero-order chi connectivity index (χ0) is 13.3. The zero-order valence-corrected chi connectivity index (χ0v) is 9.62. The van der Waals surface area contributed by atoms with Crippen LogP contribution in [-0.4, -0.2) is 81.8 Å². The summed E-state index contributed by atoms with van der Waals surface area (Å²) in [5, 5.41) is 46.5. The number of ether oxygens (including phenoxy) is 3. The van der Waals surface area contributed by atoms with Gasteiger partial charge in [0.2, 0.25) is 0 Å². The van der Waals surface area contributed by atoms with Crippen molar-refractivity contribution in [1.82, 2.24) is 0 Å². The molecule has 18 heavy (non-hydrogen) atoms. The first-order valence-electron chi connectivity index (χ1n) is 5.80. The van der Waals surface area contributed by atoms with Crippen molar-refractivity contribution in [3.05, 3.63) is 0 Å². The molecule has 0 aromatic carbocycles. The van der Waals surface area contributed by atoms with Gasteiger partial charge in [0.1, 0.15) is 30.5 Å². The van der Waals surface area contributed by atoms with E-state index < -0.39 is 43.6 Å². The van der Waals surface area contributed by atoms with E-state index in [0.717, 1.165) is 0 Å². The molecule has 0 aromatic rings. The van der Waals surface area contributed by atoms with Gasteiger partial charge in [-0.05, 0) is 0 Å². The molecule has 2 rings (SSSR count). The average molecular weight is 266 g/mol. The summed E-state index contributed by atoms with van der Waals surface area (Å²) in [5.74, 6) is 0. The molecule has 2 aliphatic heterocycles. The van der Waals surface area contributed by atoms with Crippen LogP contribution in [0.25, 0.3) is 0 Å². The summed E-state index contributed by atoms with van der Waals surface area (Å²) in [6.45, 7) is -0.334. The predicted molar refractivity (Wildman–Crippen MR) is 55.2 cm³/mol. The Balaban J connectivity index is 1.79. The Bertz CT molecular complexity index is 273. The minimum absolute atomic E-state index is 0.157. The maximum absolute atomic E-state index is 9.63. The molecular formula is C10H18O8. The van der Waals surface area contributed by atoms with Gasteiger partial charge in [-0.1, -0.05) is 0 Å². The van der Waals surface area contributed by atoms with E-state index >= 15 is 0 Å². The SMILES string of the molecule is OC[C@H]1O[C@H](OCC[C@@H]2O[C@H]2O)[C@H](O)[C@@H](O)[C@@H]1O. The van der Waals surface area contributed by atoms with Crippen molar-refractivity contribution < 1.29 is 39.7 Å². The molecule has 8 heteroatoms. The number of epoxide rings is 1. The molecule has 2 aliphatic rings. The number of hydrogen-bond donors (Lipinski definition) is 5. The van der Waals surface area contributed by atoms with Crippen molar-refractivity contribution in [1.29, 1.82) is 0 Å². The Labute approximate surface area is 103 Å². The van der Waals surface area contributed by atoms with Gasteiger partial charge in [0, 0.05) is 6.42 Å². The fourth-order valence-electron chi connectivity index (χ4n) is 1.85. The smallest absolute Gasteiger partial charge is 0.186 e. The topological polar surface area (TPSA) is 132 Å². The molecule has 0 unspecified atom stereocenters. The van der Waals surface area contributed by atoms with E-state index in [1.54, 1.807) is 0 Å². The van der Waals surface area contributed by atoms with E-state index in [1.807, 2.05) is 0 Å². The molecule has 7 atom stereocenters. The highest BCUT2D eigenvalue weighted by Crippen LogP contribution is 2.25. The second kappa shape index (κ2) is 5.76. The third-order valence-electron chi connectivity index (χ3n) is 3.09. The number of hydrogen-bond acceptors (Lipinski definition) is 8. The third-order valence-corrected chi connectivity index (χ3v) is 3.09. The molecule has 2 fully saturated rings. The summed E-state index contributed by atoms with van der Waals surface area (Å²) >= 11 is 0. The van der Waals surface area contributed by atoms with E-state index in [-0.39, 0.29) is 12.7 Å². The summed E-state index contributed by atoms with van der Waals surface area (Å²) in [5.41, 5.74) is 0. The van der Waals surface area contributed by atoms with Crippen LogP contribution in [0.15, 0.2) is 0 Å². The lowest BCUT2D eigenvalue weighted by atomic mass is 9.99. The highest BCUT2D eigenvalue weighted by molar-refractivity contribution is 4.89. The average Bonchev–Trinajstić information content (AvgIpc) is 3.05. The first-order chi connectivity index (χ1) is 8.54. The molecule has 0 radical (unpaired) electrons. The number of rotatable bonds is 5. The Kier molecular flexibility index (Phi) is 4.51. The molecule has 0 bridgehead atoms. The van der Waals surface area contributed by atoms with Gasteiger partial charge in [0.05, 0.1) is 13.2 Å². The lowest BCUT2D eigenvalue weighted by Gasteiger charge is -2.39. The molecule has 0 amide bonds. The lowest BCUT2D eigenvalue weighted by molar-refractivity contribution is -0.301. The molecule has 0 aliphatic carbocycles. The maximum atomic E-state index is 9.63. The van der Waals surface area contributed by atoms with Gasteiger partial charge in [-0.2, -0.15) is 0 Å². The van der Waals surface area contributed by atoms with Crippen LogP contribution in [0.3, 0.4) is 0 Å². The van der Waals surface area contributed by atoms with Crippen molar-refractivity contribution in [2.24, 2.45) is 0 Å². The Morgan fingerprint density at radius 2 is 1.56 bits per heavy atom. The second-order valence-corrected chi connectivity index (χ2v) is 4.42. The van der Waals surface area contributed by atoms with Gasteiger partial charge in [-0.25, -0.2) is 0 Å². The fourth-order valence-corrected chi connectivity index (χ4v) is 1.85. The molecule has 2 saturated heterocycles. The van der Waals surface area contributed by atoms with Crippen molar-refractivity contribution >= 4 is 0 Å². The van der Waals surface area contributed by atoms with E-state index in [4.69, 9.17) is 24.4 Å². The van der Waals surface area contributed by atoms with Gasteiger partial charge in [-0.3, -0.25) is 0 Å². The van der Waals surface area contributed by atoms with Gasteiger partial charge < -0.3 is 39.7 Å². The summed E-state index contributed by atoms with van der Waals surface area (Å²) in [6.07, 6.45) is -6.93. The van der Waals surface area contributed by atoms with Crippen LogP contribution in [0.5, 0.6) is 0 Å². The molecule has 0 saturated carbocycles. The van der Waals surface area contributed by atoms with E-state index in [9.17, 15) is 15.3 Å². The predicted octanol–water partition coefficient (Wildman–Crippen LogP) is -3.09. The van der Waals surface area contributed by atoms with Gasteiger partial charge in [0.25, 0.3) is 0 Å². The largest absolute Gasteiger partial charge is 0.394 e.